The van der Waals surface area contributed by atoms with Crippen molar-refractivity contribution in [2.45, 2.75) is 13.3 Å². The van der Waals surface area contributed by atoms with Crippen molar-refractivity contribution in [3.63, 3.8) is 0 Å². The quantitative estimate of drug-likeness (QED) is 0.578. The van der Waals surface area contributed by atoms with E-state index in [-0.39, 0.29) is 0 Å². The van der Waals surface area contributed by atoms with E-state index in [2.05, 4.69) is 22.5 Å². The fraction of sp³-hybridized carbons (Fsp3) is 1.00. The number of rotatable bonds is 4. The largest absolute Gasteiger partial charge is 0.316 e. The lowest BCUT2D eigenvalue weighted by Crippen LogP contribution is -2.34. The minimum Gasteiger partial charge on any atom is -0.316 e. The molecule has 1 aliphatic rings. The van der Waals surface area contributed by atoms with Gasteiger partial charge in [0.15, 0.2) is 0 Å². The van der Waals surface area contributed by atoms with Crippen molar-refractivity contribution >= 4 is 0 Å². The van der Waals surface area contributed by atoms with E-state index in [0.29, 0.717) is 0 Å². The Morgan fingerprint density at radius 2 is 2.25 bits per heavy atom. The van der Waals surface area contributed by atoms with Gasteiger partial charge in [-0.1, -0.05) is 6.92 Å². The Morgan fingerprint density at radius 3 is 3.08 bits per heavy atom. The van der Waals surface area contributed by atoms with Crippen LogP contribution in [0.5, 0.6) is 0 Å². The molecule has 1 heterocycles. The molecule has 1 rings (SSSR count). The van der Waals surface area contributed by atoms with Gasteiger partial charge in [0, 0.05) is 26.2 Å². The normalized spacial score (nSPS) is 20.8. The highest BCUT2D eigenvalue weighted by Gasteiger charge is 2.06. The van der Waals surface area contributed by atoms with Crippen molar-refractivity contribution in [3.05, 3.63) is 0 Å². The minimum absolute atomic E-state index is 1.09. The highest BCUT2D eigenvalue weighted by molar-refractivity contribution is 4.66. The summed E-state index contributed by atoms with van der Waals surface area (Å²) in [4.78, 5) is 2.53. The van der Waals surface area contributed by atoms with Gasteiger partial charge in [-0.3, -0.25) is 0 Å². The van der Waals surface area contributed by atoms with Gasteiger partial charge >= 0.3 is 0 Å². The molecule has 0 unspecified atom stereocenters. The van der Waals surface area contributed by atoms with Gasteiger partial charge in [-0.15, -0.1) is 0 Å². The lowest BCUT2D eigenvalue weighted by molar-refractivity contribution is 0.292. The summed E-state index contributed by atoms with van der Waals surface area (Å²) in [6.45, 7) is 10.4. The van der Waals surface area contributed by atoms with Gasteiger partial charge < -0.3 is 15.5 Å². The summed E-state index contributed by atoms with van der Waals surface area (Å²) < 4.78 is 0. The molecule has 1 fully saturated rings. The number of nitrogens with one attached hydrogen (secondary N) is 2. The Balaban J connectivity index is 2.04. The van der Waals surface area contributed by atoms with Crippen molar-refractivity contribution in [2.24, 2.45) is 0 Å². The molecule has 0 radical (unpaired) electrons. The highest BCUT2D eigenvalue weighted by Crippen LogP contribution is 1.93. The molecule has 0 amide bonds. The molecule has 3 nitrogen and oxygen atoms in total. The van der Waals surface area contributed by atoms with E-state index in [9.17, 15) is 0 Å². The second-order valence-corrected chi connectivity index (χ2v) is 3.30. The molecule has 0 atom stereocenters. The van der Waals surface area contributed by atoms with Gasteiger partial charge in [0.25, 0.3) is 0 Å². The van der Waals surface area contributed by atoms with Gasteiger partial charge in [0.1, 0.15) is 0 Å². The average molecular weight is 171 g/mol. The van der Waals surface area contributed by atoms with E-state index < -0.39 is 0 Å². The Kier molecular flexibility index (Phi) is 5.32. The Hall–Kier alpha value is -0.120. The summed E-state index contributed by atoms with van der Waals surface area (Å²) in [5, 5.41) is 6.76. The first kappa shape index (κ1) is 9.96. The number of hydrogen-bond donors (Lipinski definition) is 2. The second-order valence-electron chi connectivity index (χ2n) is 3.30. The van der Waals surface area contributed by atoms with Crippen LogP contribution in [-0.4, -0.2) is 50.7 Å². The topological polar surface area (TPSA) is 27.3 Å². The average Bonchev–Trinajstić information content (AvgIpc) is 2.33. The first-order valence-corrected chi connectivity index (χ1v) is 5.07. The number of likely N-dealkylation sites (N-methyl/N-ethyl adjacent to an activating group) is 1. The molecular weight excluding hydrogens is 150 g/mol. The fourth-order valence-electron chi connectivity index (χ4n) is 1.54. The summed E-state index contributed by atoms with van der Waals surface area (Å²) in [5.74, 6) is 0. The third-order valence-corrected chi connectivity index (χ3v) is 2.29. The molecule has 2 N–H and O–H groups in total. The van der Waals surface area contributed by atoms with Crippen LogP contribution >= 0.6 is 0 Å². The molecule has 0 aromatic rings. The van der Waals surface area contributed by atoms with E-state index in [1.165, 1.54) is 32.6 Å². The maximum absolute atomic E-state index is 3.41. The summed E-state index contributed by atoms with van der Waals surface area (Å²) in [5.41, 5.74) is 0. The van der Waals surface area contributed by atoms with Gasteiger partial charge in [-0.25, -0.2) is 0 Å². The Morgan fingerprint density at radius 1 is 1.33 bits per heavy atom. The van der Waals surface area contributed by atoms with Crippen molar-refractivity contribution < 1.29 is 0 Å². The highest BCUT2D eigenvalue weighted by atomic mass is 15.2. The van der Waals surface area contributed by atoms with Gasteiger partial charge in [-0.2, -0.15) is 0 Å². The van der Waals surface area contributed by atoms with Crippen LogP contribution in [0, 0.1) is 0 Å². The molecule has 72 valence electrons. The van der Waals surface area contributed by atoms with E-state index in [1.54, 1.807) is 0 Å². The first-order chi connectivity index (χ1) is 5.93. The third kappa shape index (κ3) is 4.04. The van der Waals surface area contributed by atoms with Crippen molar-refractivity contribution in [2.75, 3.05) is 45.8 Å². The molecule has 0 bridgehead atoms. The summed E-state index contributed by atoms with van der Waals surface area (Å²) in [6.07, 6.45) is 1.30. The van der Waals surface area contributed by atoms with Crippen LogP contribution in [0.4, 0.5) is 0 Å². The van der Waals surface area contributed by atoms with Crippen LogP contribution in [0.2, 0.25) is 0 Å². The molecule has 0 aliphatic carbocycles. The zero-order valence-corrected chi connectivity index (χ0v) is 8.10. The van der Waals surface area contributed by atoms with Crippen molar-refractivity contribution in [1.82, 2.24) is 15.5 Å². The zero-order valence-electron chi connectivity index (χ0n) is 8.10. The summed E-state index contributed by atoms with van der Waals surface area (Å²) in [7, 11) is 0. The standard InChI is InChI=1S/C9H21N3/c1-2-10-5-8-12-7-3-4-11-6-9-12/h10-11H,2-9H2,1H3. The monoisotopic (exact) mass is 171 g/mol. The molecule has 0 aromatic carbocycles. The molecule has 12 heavy (non-hydrogen) atoms. The first-order valence-electron chi connectivity index (χ1n) is 5.07. The molecule has 0 saturated carbocycles. The van der Waals surface area contributed by atoms with Gasteiger partial charge in [-0.05, 0) is 26.1 Å². The molecular formula is C9H21N3. The SMILES string of the molecule is CCNCCN1CCCNCC1. The van der Waals surface area contributed by atoms with Crippen molar-refractivity contribution in [1.29, 1.82) is 0 Å². The van der Waals surface area contributed by atoms with Crippen LogP contribution in [0.1, 0.15) is 13.3 Å². The minimum atomic E-state index is 1.09. The van der Waals surface area contributed by atoms with Crippen LogP contribution < -0.4 is 10.6 Å². The molecule has 0 spiro atoms. The Bertz CT molecular complexity index is 97.9. The smallest absolute Gasteiger partial charge is 0.0107 e. The third-order valence-electron chi connectivity index (χ3n) is 2.29. The predicted molar refractivity (Wildman–Crippen MR) is 52.5 cm³/mol. The van der Waals surface area contributed by atoms with Crippen LogP contribution in [-0.2, 0) is 0 Å². The van der Waals surface area contributed by atoms with Crippen LogP contribution in [0.15, 0.2) is 0 Å². The molecule has 1 saturated heterocycles. The number of nitrogens with zero attached hydrogens (tertiary/aromatic N) is 1. The molecule has 0 aromatic heterocycles. The second kappa shape index (κ2) is 6.40. The summed E-state index contributed by atoms with van der Waals surface area (Å²) >= 11 is 0. The lowest BCUT2D eigenvalue weighted by atomic mass is 10.4. The molecule has 1 aliphatic heterocycles. The van der Waals surface area contributed by atoms with Crippen LogP contribution in [0.25, 0.3) is 0 Å². The lowest BCUT2D eigenvalue weighted by Gasteiger charge is -2.18. The molecule has 3 heteroatoms. The van der Waals surface area contributed by atoms with E-state index in [1.807, 2.05) is 0 Å². The van der Waals surface area contributed by atoms with E-state index >= 15 is 0 Å². The maximum atomic E-state index is 3.41. The van der Waals surface area contributed by atoms with Crippen LogP contribution in [0.3, 0.4) is 0 Å². The maximum Gasteiger partial charge on any atom is 0.0107 e. The number of hydrogen-bond acceptors (Lipinski definition) is 3. The fourth-order valence-corrected chi connectivity index (χ4v) is 1.54. The van der Waals surface area contributed by atoms with E-state index in [4.69, 9.17) is 0 Å². The summed E-state index contributed by atoms with van der Waals surface area (Å²) in [6, 6.07) is 0. The zero-order chi connectivity index (χ0) is 8.65. The van der Waals surface area contributed by atoms with Gasteiger partial charge in [0.05, 0.1) is 0 Å². The van der Waals surface area contributed by atoms with Crippen molar-refractivity contribution in [3.8, 4) is 0 Å². The Labute approximate surface area is 75.5 Å². The van der Waals surface area contributed by atoms with Gasteiger partial charge in [0.2, 0.25) is 0 Å². The predicted octanol–water partition coefficient (Wildman–Crippen LogP) is -0.109. The van der Waals surface area contributed by atoms with E-state index in [0.717, 1.165) is 19.6 Å².